The number of ether oxygens (including phenoxy) is 2. The van der Waals surface area contributed by atoms with Crippen LogP contribution < -0.4 is 21.5 Å². The fourth-order valence-electron chi connectivity index (χ4n) is 3.90. The van der Waals surface area contributed by atoms with Crippen LogP contribution in [0.5, 0.6) is 5.75 Å². The number of phenolic OH excluding ortho intramolecular Hbond substituents is 1. The number of anilines is 3. The van der Waals surface area contributed by atoms with E-state index in [9.17, 15) is 23.1 Å². The summed E-state index contributed by atoms with van der Waals surface area (Å²) in [5.74, 6) is -0.723. The zero-order valence-corrected chi connectivity index (χ0v) is 21.5. The molecule has 3 rings (SSSR count). The number of hydrogen-bond donors (Lipinski definition) is 3. The number of sulfonamides is 1. The van der Waals surface area contributed by atoms with Gasteiger partial charge >= 0.3 is 0 Å². The van der Waals surface area contributed by atoms with Gasteiger partial charge in [-0.15, -0.1) is 0 Å². The molecule has 11 nitrogen and oxygen atoms in total. The molecule has 1 fully saturated rings. The van der Waals surface area contributed by atoms with Crippen molar-refractivity contribution in [1.29, 1.82) is 0 Å². The van der Waals surface area contributed by atoms with Gasteiger partial charge in [0.15, 0.2) is 5.75 Å². The fraction of sp³-hybridized carbons (Fsp3) is 0.545. The Kier molecular flexibility index (Phi) is 8.78. The number of benzene rings is 1. The third kappa shape index (κ3) is 5.63. The van der Waals surface area contributed by atoms with Crippen LogP contribution in [-0.4, -0.2) is 63.6 Å². The summed E-state index contributed by atoms with van der Waals surface area (Å²) < 4.78 is 37.2. The Morgan fingerprint density at radius 3 is 2.51 bits per heavy atom. The summed E-state index contributed by atoms with van der Waals surface area (Å²) in [5.41, 5.74) is -1.63. The minimum absolute atomic E-state index is 0.0524. The summed E-state index contributed by atoms with van der Waals surface area (Å²) in [6.07, 6.45) is 2.38. The van der Waals surface area contributed by atoms with Gasteiger partial charge < -0.3 is 25.2 Å². The largest absolute Gasteiger partial charge is 0.504 e. The second kappa shape index (κ2) is 11.2. The van der Waals surface area contributed by atoms with E-state index in [4.69, 9.17) is 25.9 Å². The van der Waals surface area contributed by atoms with Crippen LogP contribution in [0.2, 0.25) is 5.02 Å². The lowest BCUT2D eigenvalue weighted by Gasteiger charge is -2.26. The first-order chi connectivity index (χ1) is 16.5. The van der Waals surface area contributed by atoms with E-state index in [1.807, 2.05) is 13.8 Å². The Hall–Kier alpha value is -2.22. The van der Waals surface area contributed by atoms with Crippen molar-refractivity contribution in [2.24, 2.45) is 0 Å². The number of methoxy groups -OCH3 is 1. The van der Waals surface area contributed by atoms with E-state index >= 15 is 0 Å². The molecule has 194 valence electrons. The molecule has 2 aromatic rings. The standard InChI is InChI=1S/C22H30ClN3O8S/c1-5-14(16-9-6-12(2)34-16)24-17-18(21(29)20(17)28)25-15-8-7-13(23)22(19(15)27)35(30,31)26(3)33-11-10-32-4/h7-8,12,14,16,24-25,27H,5-6,9-11H2,1-4H3/t12?,14-,16-/m1/s1. The van der Waals surface area contributed by atoms with Gasteiger partial charge in [-0.2, -0.15) is 0 Å². The van der Waals surface area contributed by atoms with E-state index in [-0.39, 0.29) is 53.5 Å². The summed E-state index contributed by atoms with van der Waals surface area (Å²) in [6.45, 7) is 4.01. The Bertz CT molecular complexity index is 1230. The fourth-order valence-corrected chi connectivity index (χ4v) is 5.48. The maximum atomic E-state index is 13.0. The lowest BCUT2D eigenvalue weighted by molar-refractivity contribution is -0.0816. The minimum Gasteiger partial charge on any atom is -0.504 e. The van der Waals surface area contributed by atoms with Gasteiger partial charge in [0.1, 0.15) is 16.3 Å². The zero-order valence-electron chi connectivity index (χ0n) is 20.0. The maximum Gasteiger partial charge on any atom is 0.270 e. The molecule has 0 aliphatic carbocycles. The molecule has 3 N–H and O–H groups in total. The Labute approximate surface area is 208 Å². The molecule has 0 aromatic heterocycles. The third-order valence-electron chi connectivity index (χ3n) is 5.89. The lowest BCUT2D eigenvalue weighted by Crippen LogP contribution is -2.42. The van der Waals surface area contributed by atoms with Crippen LogP contribution in [0.25, 0.3) is 0 Å². The summed E-state index contributed by atoms with van der Waals surface area (Å²) in [4.78, 5) is 29.1. The van der Waals surface area contributed by atoms with Crippen LogP contribution in [0.1, 0.15) is 33.1 Å². The second-order valence-corrected chi connectivity index (χ2v) is 10.5. The molecule has 0 amide bonds. The number of phenols is 1. The smallest absolute Gasteiger partial charge is 0.270 e. The summed E-state index contributed by atoms with van der Waals surface area (Å²) in [6, 6.07) is 2.36. The molecule has 0 bridgehead atoms. The van der Waals surface area contributed by atoms with Gasteiger partial charge in [-0.25, -0.2) is 8.42 Å². The number of nitrogens with zero attached hydrogens (tertiary/aromatic N) is 1. The molecule has 2 aromatic carbocycles. The van der Waals surface area contributed by atoms with Gasteiger partial charge in [0.25, 0.3) is 20.9 Å². The summed E-state index contributed by atoms with van der Waals surface area (Å²) in [5, 5.41) is 16.3. The SMILES string of the molecule is CC[C@@H](Nc1c(Nc2ccc(Cl)c(S(=O)(=O)N(C)OCCOC)c2O)c(=O)c1=O)[C@H]1CCC(C)O1. The highest BCUT2D eigenvalue weighted by molar-refractivity contribution is 7.89. The second-order valence-electron chi connectivity index (χ2n) is 8.27. The van der Waals surface area contributed by atoms with Crippen LogP contribution in [0.3, 0.4) is 0 Å². The highest BCUT2D eigenvalue weighted by Gasteiger charge is 2.33. The van der Waals surface area contributed by atoms with Crippen molar-refractivity contribution in [3.8, 4) is 5.75 Å². The van der Waals surface area contributed by atoms with E-state index in [1.165, 1.54) is 19.2 Å². The number of halogens is 1. The third-order valence-corrected chi connectivity index (χ3v) is 8.03. The number of hydroxylamine groups is 1. The predicted octanol–water partition coefficient (Wildman–Crippen LogP) is 2.34. The van der Waals surface area contributed by atoms with Gasteiger partial charge in [0, 0.05) is 14.2 Å². The van der Waals surface area contributed by atoms with Crippen molar-refractivity contribution < 1.29 is 27.8 Å². The highest BCUT2D eigenvalue weighted by Crippen LogP contribution is 2.40. The molecule has 1 heterocycles. The first kappa shape index (κ1) is 27.4. The van der Waals surface area contributed by atoms with Crippen LogP contribution in [0.15, 0.2) is 26.6 Å². The molecule has 1 aliphatic heterocycles. The van der Waals surface area contributed by atoms with Crippen molar-refractivity contribution in [3.63, 3.8) is 0 Å². The van der Waals surface area contributed by atoms with E-state index in [2.05, 4.69) is 10.6 Å². The summed E-state index contributed by atoms with van der Waals surface area (Å²) in [7, 11) is -1.79. The van der Waals surface area contributed by atoms with E-state index in [0.29, 0.717) is 10.9 Å². The topological polar surface area (TPSA) is 144 Å². The maximum absolute atomic E-state index is 13.0. The molecular formula is C22H30ClN3O8S. The minimum atomic E-state index is -4.37. The van der Waals surface area contributed by atoms with E-state index < -0.39 is 31.5 Å². The first-order valence-electron chi connectivity index (χ1n) is 11.2. The average Bonchev–Trinajstić information content (AvgIpc) is 3.25. The zero-order chi connectivity index (χ0) is 25.9. The molecule has 1 saturated heterocycles. The molecule has 0 spiro atoms. The van der Waals surface area contributed by atoms with Crippen LogP contribution in [-0.2, 0) is 24.3 Å². The van der Waals surface area contributed by atoms with Crippen molar-refractivity contribution in [2.45, 2.75) is 56.3 Å². The van der Waals surface area contributed by atoms with Gasteiger partial charge in [-0.05, 0) is 38.3 Å². The molecule has 1 unspecified atom stereocenters. The normalized spacial score (nSPS) is 19.4. The molecule has 35 heavy (non-hydrogen) atoms. The van der Waals surface area contributed by atoms with Crippen molar-refractivity contribution >= 4 is 38.7 Å². The number of nitrogens with one attached hydrogen (secondary N) is 2. The number of rotatable bonds is 12. The molecule has 0 radical (unpaired) electrons. The Balaban J connectivity index is 1.88. The first-order valence-corrected chi connectivity index (χ1v) is 13.0. The Morgan fingerprint density at radius 1 is 1.23 bits per heavy atom. The molecule has 0 saturated carbocycles. The molecule has 3 atom stereocenters. The number of aromatic hydroxyl groups is 1. The van der Waals surface area contributed by atoms with E-state index in [1.54, 1.807) is 0 Å². The average molecular weight is 532 g/mol. The molecule has 13 heteroatoms. The van der Waals surface area contributed by atoms with Crippen LogP contribution >= 0.6 is 11.6 Å². The van der Waals surface area contributed by atoms with Crippen LogP contribution in [0.4, 0.5) is 17.1 Å². The monoisotopic (exact) mass is 531 g/mol. The van der Waals surface area contributed by atoms with E-state index in [0.717, 1.165) is 19.9 Å². The van der Waals surface area contributed by atoms with Gasteiger partial charge in [-0.1, -0.05) is 23.0 Å². The number of hydrogen-bond acceptors (Lipinski definition) is 10. The van der Waals surface area contributed by atoms with Crippen molar-refractivity contribution in [1.82, 2.24) is 4.47 Å². The van der Waals surface area contributed by atoms with Crippen molar-refractivity contribution in [2.75, 3.05) is 38.0 Å². The van der Waals surface area contributed by atoms with Crippen LogP contribution in [0, 0.1) is 0 Å². The predicted molar refractivity (Wildman–Crippen MR) is 132 cm³/mol. The highest BCUT2D eigenvalue weighted by atomic mass is 35.5. The van der Waals surface area contributed by atoms with Gasteiger partial charge in [0.05, 0.1) is 42.2 Å². The Morgan fingerprint density at radius 2 is 1.91 bits per heavy atom. The molecular weight excluding hydrogens is 502 g/mol. The summed E-state index contributed by atoms with van der Waals surface area (Å²) >= 11 is 6.10. The van der Waals surface area contributed by atoms with Crippen molar-refractivity contribution in [3.05, 3.63) is 37.6 Å². The van der Waals surface area contributed by atoms with Gasteiger partial charge in [-0.3, -0.25) is 14.4 Å². The van der Waals surface area contributed by atoms with Gasteiger partial charge in [0.2, 0.25) is 0 Å². The lowest BCUT2D eigenvalue weighted by atomic mass is 10.0. The molecule has 1 aliphatic rings. The quantitative estimate of drug-likeness (QED) is 0.161.